The molecular weight excluding hydrogens is 210 g/mol. The Hall–Kier alpha value is -1.42. The SMILES string of the molecule is CC(=O)c1cccc(OCCC(N)=S)c1. The third-order valence-corrected chi connectivity index (χ3v) is 2.06. The van der Waals surface area contributed by atoms with Gasteiger partial charge >= 0.3 is 0 Å². The molecule has 0 spiro atoms. The number of nitrogens with two attached hydrogens (primary N) is 1. The fraction of sp³-hybridized carbons (Fsp3) is 0.273. The Morgan fingerprint density at radius 1 is 1.53 bits per heavy atom. The Kier molecular flexibility index (Phi) is 4.24. The lowest BCUT2D eigenvalue weighted by molar-refractivity contribution is 0.101. The lowest BCUT2D eigenvalue weighted by atomic mass is 10.1. The van der Waals surface area contributed by atoms with Gasteiger partial charge in [-0.15, -0.1) is 0 Å². The predicted octanol–water partition coefficient (Wildman–Crippen LogP) is 1.94. The van der Waals surface area contributed by atoms with Gasteiger partial charge in [0.2, 0.25) is 0 Å². The summed E-state index contributed by atoms with van der Waals surface area (Å²) in [5.41, 5.74) is 5.97. The van der Waals surface area contributed by atoms with Crippen molar-refractivity contribution in [3.63, 3.8) is 0 Å². The molecule has 1 rings (SSSR count). The molecule has 3 nitrogen and oxygen atoms in total. The number of ether oxygens (including phenoxy) is 1. The van der Waals surface area contributed by atoms with Gasteiger partial charge in [0.05, 0.1) is 11.6 Å². The molecule has 0 heterocycles. The van der Waals surface area contributed by atoms with Crippen LogP contribution in [0.1, 0.15) is 23.7 Å². The molecule has 0 aliphatic carbocycles. The highest BCUT2D eigenvalue weighted by atomic mass is 32.1. The van der Waals surface area contributed by atoms with Crippen molar-refractivity contribution in [2.75, 3.05) is 6.61 Å². The first kappa shape index (κ1) is 11.7. The van der Waals surface area contributed by atoms with Gasteiger partial charge in [0.25, 0.3) is 0 Å². The lowest BCUT2D eigenvalue weighted by Crippen LogP contribution is -2.12. The number of ketones is 1. The van der Waals surface area contributed by atoms with Crippen LogP contribution < -0.4 is 10.5 Å². The zero-order valence-electron chi connectivity index (χ0n) is 8.53. The van der Waals surface area contributed by atoms with E-state index in [0.29, 0.717) is 29.3 Å². The standard InChI is InChI=1S/C11H13NO2S/c1-8(13)9-3-2-4-10(7-9)14-6-5-11(12)15/h2-4,7H,5-6H2,1H3,(H2,12,15). The van der Waals surface area contributed by atoms with Crippen molar-refractivity contribution in [2.45, 2.75) is 13.3 Å². The minimum Gasteiger partial charge on any atom is -0.493 e. The second kappa shape index (κ2) is 5.46. The normalized spacial score (nSPS) is 9.67. The second-order valence-electron chi connectivity index (χ2n) is 3.15. The van der Waals surface area contributed by atoms with Crippen molar-refractivity contribution >= 4 is 23.0 Å². The topological polar surface area (TPSA) is 52.3 Å². The third-order valence-electron chi connectivity index (χ3n) is 1.86. The molecule has 15 heavy (non-hydrogen) atoms. The number of rotatable bonds is 5. The summed E-state index contributed by atoms with van der Waals surface area (Å²) < 4.78 is 5.39. The molecule has 2 N–H and O–H groups in total. The van der Waals surface area contributed by atoms with E-state index in [1.165, 1.54) is 6.92 Å². The van der Waals surface area contributed by atoms with Crippen LogP contribution in [0.5, 0.6) is 5.75 Å². The number of hydrogen-bond acceptors (Lipinski definition) is 3. The zero-order chi connectivity index (χ0) is 11.3. The van der Waals surface area contributed by atoms with Crippen LogP contribution in [0.2, 0.25) is 0 Å². The van der Waals surface area contributed by atoms with Gasteiger partial charge in [-0.1, -0.05) is 24.4 Å². The molecule has 0 atom stereocenters. The van der Waals surface area contributed by atoms with Crippen molar-refractivity contribution in [3.8, 4) is 5.75 Å². The van der Waals surface area contributed by atoms with E-state index in [2.05, 4.69) is 0 Å². The molecule has 0 saturated heterocycles. The first-order valence-electron chi connectivity index (χ1n) is 4.61. The molecule has 0 radical (unpaired) electrons. The molecule has 0 unspecified atom stereocenters. The van der Waals surface area contributed by atoms with Gasteiger partial charge in [0, 0.05) is 12.0 Å². The summed E-state index contributed by atoms with van der Waals surface area (Å²) in [5.74, 6) is 0.689. The van der Waals surface area contributed by atoms with Crippen molar-refractivity contribution in [1.82, 2.24) is 0 Å². The second-order valence-corrected chi connectivity index (χ2v) is 3.67. The van der Waals surface area contributed by atoms with Gasteiger partial charge in [-0.25, -0.2) is 0 Å². The van der Waals surface area contributed by atoms with Crippen LogP contribution >= 0.6 is 12.2 Å². The summed E-state index contributed by atoms with van der Waals surface area (Å²) in [4.78, 5) is 11.5. The van der Waals surface area contributed by atoms with Crippen LogP contribution in [0.15, 0.2) is 24.3 Å². The first-order chi connectivity index (χ1) is 7.09. The molecule has 4 heteroatoms. The van der Waals surface area contributed by atoms with Gasteiger partial charge in [-0.05, 0) is 19.1 Å². The van der Waals surface area contributed by atoms with E-state index in [4.69, 9.17) is 22.7 Å². The van der Waals surface area contributed by atoms with Crippen LogP contribution in [0.4, 0.5) is 0 Å². The summed E-state index contributed by atoms with van der Waals surface area (Å²) in [5, 5.41) is 0. The molecule has 0 aliphatic heterocycles. The van der Waals surface area contributed by atoms with E-state index in [-0.39, 0.29) is 5.78 Å². The average Bonchev–Trinajstić information content (AvgIpc) is 2.17. The van der Waals surface area contributed by atoms with Gasteiger partial charge in [0.15, 0.2) is 5.78 Å². The smallest absolute Gasteiger partial charge is 0.159 e. The Morgan fingerprint density at radius 3 is 2.87 bits per heavy atom. The molecule has 0 aliphatic rings. The summed E-state index contributed by atoms with van der Waals surface area (Å²) in [6, 6.07) is 7.05. The Bertz CT molecular complexity index is 377. The molecule has 0 saturated carbocycles. The molecule has 0 amide bonds. The molecule has 0 bridgehead atoms. The number of carbonyl (C=O) groups excluding carboxylic acids is 1. The number of benzene rings is 1. The third kappa shape index (κ3) is 4.08. The molecule has 80 valence electrons. The summed E-state index contributed by atoms with van der Waals surface area (Å²) in [7, 11) is 0. The largest absolute Gasteiger partial charge is 0.493 e. The molecule has 1 aromatic carbocycles. The number of carbonyl (C=O) groups is 1. The van der Waals surface area contributed by atoms with E-state index < -0.39 is 0 Å². The van der Waals surface area contributed by atoms with Crippen molar-refractivity contribution in [1.29, 1.82) is 0 Å². The maximum Gasteiger partial charge on any atom is 0.159 e. The maximum absolute atomic E-state index is 11.1. The highest BCUT2D eigenvalue weighted by molar-refractivity contribution is 7.80. The highest BCUT2D eigenvalue weighted by Crippen LogP contribution is 2.13. The van der Waals surface area contributed by atoms with E-state index in [0.717, 1.165) is 0 Å². The number of hydrogen-bond donors (Lipinski definition) is 1. The van der Waals surface area contributed by atoms with Crippen LogP contribution in [-0.4, -0.2) is 17.4 Å². The van der Waals surface area contributed by atoms with Gasteiger partial charge in [-0.2, -0.15) is 0 Å². The maximum atomic E-state index is 11.1. The van der Waals surface area contributed by atoms with E-state index in [1.807, 2.05) is 0 Å². The van der Waals surface area contributed by atoms with Gasteiger partial charge in [-0.3, -0.25) is 4.79 Å². The molecule has 0 aromatic heterocycles. The first-order valence-corrected chi connectivity index (χ1v) is 5.02. The van der Waals surface area contributed by atoms with Gasteiger partial charge in [0.1, 0.15) is 5.75 Å². The van der Waals surface area contributed by atoms with Crippen LogP contribution in [0.25, 0.3) is 0 Å². The van der Waals surface area contributed by atoms with E-state index >= 15 is 0 Å². The van der Waals surface area contributed by atoms with Crippen molar-refractivity contribution in [3.05, 3.63) is 29.8 Å². The van der Waals surface area contributed by atoms with E-state index in [1.54, 1.807) is 24.3 Å². The van der Waals surface area contributed by atoms with Crippen molar-refractivity contribution in [2.24, 2.45) is 5.73 Å². The quantitative estimate of drug-likeness (QED) is 0.612. The molecular formula is C11H13NO2S. The monoisotopic (exact) mass is 223 g/mol. The number of Topliss-reactive ketones (excluding diaryl/α,β-unsaturated/α-hetero) is 1. The summed E-state index contributed by atoms with van der Waals surface area (Å²) >= 11 is 4.72. The highest BCUT2D eigenvalue weighted by Gasteiger charge is 2.01. The Balaban J connectivity index is 2.58. The fourth-order valence-electron chi connectivity index (χ4n) is 1.07. The van der Waals surface area contributed by atoms with Gasteiger partial charge < -0.3 is 10.5 Å². The zero-order valence-corrected chi connectivity index (χ0v) is 9.34. The number of thiocarbonyl (C=S) groups is 1. The minimum atomic E-state index is 0.0230. The molecule has 0 fully saturated rings. The van der Waals surface area contributed by atoms with Crippen LogP contribution in [0.3, 0.4) is 0 Å². The Morgan fingerprint density at radius 2 is 2.27 bits per heavy atom. The molecule has 1 aromatic rings. The lowest BCUT2D eigenvalue weighted by Gasteiger charge is -2.06. The van der Waals surface area contributed by atoms with Crippen molar-refractivity contribution < 1.29 is 9.53 Å². The van der Waals surface area contributed by atoms with E-state index in [9.17, 15) is 4.79 Å². The summed E-state index contributed by atoms with van der Waals surface area (Å²) in [6.45, 7) is 1.96. The average molecular weight is 223 g/mol. The van der Waals surface area contributed by atoms with Crippen LogP contribution in [-0.2, 0) is 0 Å². The Labute approximate surface area is 94.2 Å². The summed E-state index contributed by atoms with van der Waals surface area (Å²) in [6.07, 6.45) is 0.541. The minimum absolute atomic E-state index is 0.0230. The predicted molar refractivity (Wildman–Crippen MR) is 63.3 cm³/mol. The fourth-order valence-corrected chi connectivity index (χ4v) is 1.16. The van der Waals surface area contributed by atoms with Crippen LogP contribution in [0, 0.1) is 0 Å².